The van der Waals surface area contributed by atoms with Crippen molar-refractivity contribution in [3.05, 3.63) is 58.6 Å². The second kappa shape index (κ2) is 8.85. The van der Waals surface area contributed by atoms with Crippen LogP contribution in [0, 0.1) is 6.92 Å². The topological polar surface area (TPSA) is 65.4 Å². The van der Waals surface area contributed by atoms with Crippen LogP contribution in [0.2, 0.25) is 0 Å². The molecule has 2 aromatic carbocycles. The number of benzene rings is 2. The van der Waals surface area contributed by atoms with E-state index < -0.39 is 0 Å². The van der Waals surface area contributed by atoms with Crippen molar-refractivity contribution in [1.29, 1.82) is 0 Å². The van der Waals surface area contributed by atoms with Crippen molar-refractivity contribution in [3.63, 3.8) is 0 Å². The standard InChI is InChI=1S/C23H25N3O4S/c1-14-13-31-23(24-14)26-19(12-18(25-26)15-6-8-17(27-2)9-7-15)16-10-20(28-3)22(30-5)21(11-16)29-4/h6-11,13,19H,12H2,1-5H3/t19-/m0/s1. The molecule has 0 amide bonds. The Bertz CT molecular complexity index is 1070. The zero-order valence-electron chi connectivity index (χ0n) is 18.2. The van der Waals surface area contributed by atoms with Crippen LogP contribution in [-0.4, -0.2) is 39.1 Å². The lowest BCUT2D eigenvalue weighted by molar-refractivity contribution is 0.323. The third-order valence-corrected chi connectivity index (χ3v) is 6.16. The average Bonchev–Trinajstić information content (AvgIpc) is 3.44. The van der Waals surface area contributed by atoms with Crippen molar-refractivity contribution in [3.8, 4) is 23.0 Å². The predicted molar refractivity (Wildman–Crippen MR) is 122 cm³/mol. The smallest absolute Gasteiger partial charge is 0.206 e. The summed E-state index contributed by atoms with van der Waals surface area (Å²) in [5.74, 6) is 2.62. The molecule has 8 heteroatoms. The number of hydrogen-bond donors (Lipinski definition) is 0. The third kappa shape index (κ3) is 4.03. The number of rotatable bonds is 7. The van der Waals surface area contributed by atoms with Gasteiger partial charge in [-0.1, -0.05) is 0 Å². The summed E-state index contributed by atoms with van der Waals surface area (Å²) in [6.45, 7) is 1.98. The molecule has 7 nitrogen and oxygen atoms in total. The highest BCUT2D eigenvalue weighted by Gasteiger charge is 2.33. The first kappa shape index (κ1) is 21.0. The van der Waals surface area contributed by atoms with Crippen molar-refractivity contribution in [1.82, 2.24) is 4.98 Å². The molecule has 3 aromatic rings. The van der Waals surface area contributed by atoms with Gasteiger partial charge in [-0.3, -0.25) is 0 Å². The van der Waals surface area contributed by atoms with E-state index >= 15 is 0 Å². The number of hydrazone groups is 1. The van der Waals surface area contributed by atoms with Crippen molar-refractivity contribution in [2.24, 2.45) is 5.10 Å². The molecule has 0 bridgehead atoms. The Labute approximate surface area is 185 Å². The van der Waals surface area contributed by atoms with Gasteiger partial charge >= 0.3 is 0 Å². The van der Waals surface area contributed by atoms with Gasteiger partial charge in [-0.05, 0) is 54.4 Å². The Hall–Kier alpha value is -3.26. The number of nitrogens with zero attached hydrogens (tertiary/aromatic N) is 3. The summed E-state index contributed by atoms with van der Waals surface area (Å²) >= 11 is 1.58. The van der Waals surface area contributed by atoms with Gasteiger partial charge < -0.3 is 18.9 Å². The SMILES string of the molecule is COc1ccc(C2=NN(c3nc(C)cs3)[C@H](c3cc(OC)c(OC)c(OC)c3)C2)cc1. The van der Waals surface area contributed by atoms with Crippen LogP contribution in [-0.2, 0) is 0 Å². The predicted octanol–water partition coefficient (Wildman–Crippen LogP) is 4.84. The number of hydrogen-bond acceptors (Lipinski definition) is 8. The normalized spacial score (nSPS) is 15.6. The van der Waals surface area contributed by atoms with Gasteiger partial charge in [0.05, 0.1) is 45.9 Å². The summed E-state index contributed by atoms with van der Waals surface area (Å²) in [5, 5.41) is 9.81. The molecule has 4 rings (SSSR count). The summed E-state index contributed by atoms with van der Waals surface area (Å²) in [7, 11) is 6.51. The third-order valence-electron chi connectivity index (χ3n) is 5.21. The Morgan fingerprint density at radius 1 is 0.935 bits per heavy atom. The molecule has 0 saturated carbocycles. The van der Waals surface area contributed by atoms with Gasteiger partial charge in [-0.2, -0.15) is 5.10 Å². The molecule has 0 spiro atoms. The molecule has 1 atom stereocenters. The Kier molecular flexibility index (Phi) is 5.99. The van der Waals surface area contributed by atoms with E-state index in [0.29, 0.717) is 23.7 Å². The molecule has 0 aliphatic carbocycles. The van der Waals surface area contributed by atoms with Crippen molar-refractivity contribution < 1.29 is 18.9 Å². The molecule has 0 radical (unpaired) electrons. The van der Waals surface area contributed by atoms with E-state index in [2.05, 4.69) is 4.98 Å². The Balaban J connectivity index is 1.77. The number of ether oxygens (including phenoxy) is 4. The van der Waals surface area contributed by atoms with Crippen LogP contribution in [0.3, 0.4) is 0 Å². The summed E-state index contributed by atoms with van der Waals surface area (Å²) in [6.07, 6.45) is 0.712. The van der Waals surface area contributed by atoms with E-state index in [0.717, 1.165) is 33.4 Å². The highest BCUT2D eigenvalue weighted by molar-refractivity contribution is 7.13. The first-order valence-electron chi connectivity index (χ1n) is 9.81. The minimum absolute atomic E-state index is 0.0589. The molecule has 1 aliphatic rings. The van der Waals surface area contributed by atoms with Gasteiger partial charge in [0.1, 0.15) is 5.75 Å². The maximum atomic E-state index is 5.57. The minimum Gasteiger partial charge on any atom is -0.497 e. The first-order chi connectivity index (χ1) is 15.1. The van der Waals surface area contributed by atoms with Crippen LogP contribution in [0.15, 0.2) is 46.9 Å². The van der Waals surface area contributed by atoms with Crippen LogP contribution >= 0.6 is 11.3 Å². The van der Waals surface area contributed by atoms with Gasteiger partial charge in [0, 0.05) is 11.8 Å². The number of anilines is 1. The Morgan fingerprint density at radius 3 is 2.13 bits per heavy atom. The molecule has 1 aromatic heterocycles. The van der Waals surface area contributed by atoms with Crippen LogP contribution in [0.1, 0.15) is 29.3 Å². The fraction of sp³-hybridized carbons (Fsp3) is 0.304. The highest BCUT2D eigenvalue weighted by Crippen LogP contribution is 2.44. The molecular weight excluding hydrogens is 414 g/mol. The van der Waals surface area contributed by atoms with Gasteiger partial charge in [-0.25, -0.2) is 9.99 Å². The number of thiazole rings is 1. The molecule has 0 N–H and O–H groups in total. The monoisotopic (exact) mass is 439 g/mol. The van der Waals surface area contributed by atoms with Crippen LogP contribution in [0.5, 0.6) is 23.0 Å². The van der Waals surface area contributed by atoms with E-state index in [4.69, 9.17) is 24.0 Å². The van der Waals surface area contributed by atoms with Gasteiger partial charge in [0.2, 0.25) is 10.9 Å². The lowest BCUT2D eigenvalue weighted by atomic mass is 9.98. The average molecular weight is 440 g/mol. The fourth-order valence-electron chi connectivity index (χ4n) is 3.64. The number of methoxy groups -OCH3 is 4. The van der Waals surface area contributed by atoms with Gasteiger partial charge in [0.15, 0.2) is 11.5 Å². The molecular formula is C23H25N3O4S. The van der Waals surface area contributed by atoms with E-state index in [-0.39, 0.29) is 6.04 Å². The van der Waals surface area contributed by atoms with Gasteiger partial charge in [-0.15, -0.1) is 11.3 Å². The summed E-state index contributed by atoms with van der Waals surface area (Å²) in [6, 6.07) is 11.8. The Morgan fingerprint density at radius 2 is 1.61 bits per heavy atom. The fourth-order valence-corrected chi connectivity index (χ4v) is 4.45. The van der Waals surface area contributed by atoms with Crippen LogP contribution < -0.4 is 24.0 Å². The maximum Gasteiger partial charge on any atom is 0.206 e. The summed E-state index contributed by atoms with van der Waals surface area (Å²) < 4.78 is 21.9. The van der Waals surface area contributed by atoms with Crippen LogP contribution in [0.25, 0.3) is 0 Å². The molecule has 1 aliphatic heterocycles. The molecule has 31 heavy (non-hydrogen) atoms. The molecule has 162 valence electrons. The van der Waals surface area contributed by atoms with Crippen molar-refractivity contribution >= 4 is 22.2 Å². The molecule has 2 heterocycles. The summed E-state index contributed by atoms with van der Waals surface area (Å²) in [4.78, 5) is 4.67. The summed E-state index contributed by atoms with van der Waals surface area (Å²) in [5.41, 5.74) is 4.01. The van der Waals surface area contributed by atoms with E-state index in [1.165, 1.54) is 0 Å². The zero-order chi connectivity index (χ0) is 22.0. The highest BCUT2D eigenvalue weighted by atomic mass is 32.1. The first-order valence-corrected chi connectivity index (χ1v) is 10.7. The van der Waals surface area contributed by atoms with Crippen LogP contribution in [0.4, 0.5) is 5.13 Å². The van der Waals surface area contributed by atoms with E-state index in [9.17, 15) is 0 Å². The number of aryl methyl sites for hydroxylation is 1. The van der Waals surface area contributed by atoms with Crippen molar-refractivity contribution in [2.75, 3.05) is 33.4 Å². The maximum absolute atomic E-state index is 5.57. The second-order valence-electron chi connectivity index (χ2n) is 7.07. The molecule has 0 saturated heterocycles. The zero-order valence-corrected chi connectivity index (χ0v) is 19.0. The quantitative estimate of drug-likeness (QED) is 0.525. The largest absolute Gasteiger partial charge is 0.497 e. The lowest BCUT2D eigenvalue weighted by Gasteiger charge is -2.23. The van der Waals surface area contributed by atoms with Gasteiger partial charge in [0.25, 0.3) is 0 Å². The van der Waals surface area contributed by atoms with E-state index in [1.54, 1.807) is 39.8 Å². The number of aromatic nitrogens is 1. The van der Waals surface area contributed by atoms with E-state index in [1.807, 2.05) is 53.7 Å². The van der Waals surface area contributed by atoms with Crippen molar-refractivity contribution in [2.45, 2.75) is 19.4 Å². The lowest BCUT2D eigenvalue weighted by Crippen LogP contribution is -2.18. The molecule has 0 fully saturated rings. The second-order valence-corrected chi connectivity index (χ2v) is 7.91. The minimum atomic E-state index is -0.0589. The molecule has 0 unspecified atom stereocenters.